The van der Waals surface area contributed by atoms with E-state index in [1.165, 1.54) is 4.31 Å². The van der Waals surface area contributed by atoms with Crippen LogP contribution in [0.5, 0.6) is 0 Å². The molecule has 128 valence electrons. The van der Waals surface area contributed by atoms with Gasteiger partial charge in [0.05, 0.1) is 4.90 Å². The highest BCUT2D eigenvalue weighted by Gasteiger charge is 2.31. The molecule has 0 radical (unpaired) electrons. The summed E-state index contributed by atoms with van der Waals surface area (Å²) in [6.07, 6.45) is 0. The third kappa shape index (κ3) is 3.20. The van der Waals surface area contributed by atoms with Crippen molar-refractivity contribution in [1.29, 1.82) is 0 Å². The molecule has 1 aliphatic heterocycles. The highest BCUT2D eigenvalue weighted by Crippen LogP contribution is 2.19. The Morgan fingerprint density at radius 1 is 1.08 bits per heavy atom. The summed E-state index contributed by atoms with van der Waals surface area (Å²) in [5, 5.41) is 3.72. The molecule has 0 unspecified atom stereocenters. The Kier molecular flexibility index (Phi) is 4.42. The molecule has 2 aromatic rings. The molecule has 1 saturated heterocycles. The maximum Gasteiger partial charge on any atom is 0.276 e. The minimum atomic E-state index is -3.53. The van der Waals surface area contributed by atoms with Crippen molar-refractivity contribution in [3.05, 3.63) is 47.3 Å². The van der Waals surface area contributed by atoms with E-state index in [0.717, 1.165) is 5.56 Å². The van der Waals surface area contributed by atoms with E-state index in [0.29, 0.717) is 18.8 Å². The number of nitrogens with zero attached hydrogens (tertiary/aromatic N) is 3. The van der Waals surface area contributed by atoms with Gasteiger partial charge in [0.1, 0.15) is 5.76 Å². The highest BCUT2D eigenvalue weighted by molar-refractivity contribution is 7.89. The second kappa shape index (κ2) is 6.37. The Morgan fingerprint density at radius 3 is 2.25 bits per heavy atom. The molecule has 1 amide bonds. The number of carbonyl (C=O) groups is 1. The molecular weight excluding hydrogens is 330 g/mol. The molecule has 0 spiro atoms. The zero-order valence-electron chi connectivity index (χ0n) is 13.6. The van der Waals surface area contributed by atoms with Crippen molar-refractivity contribution in [3.8, 4) is 0 Å². The van der Waals surface area contributed by atoms with Crippen LogP contribution in [0.4, 0.5) is 0 Å². The van der Waals surface area contributed by atoms with E-state index in [1.54, 1.807) is 42.2 Å². The van der Waals surface area contributed by atoms with E-state index in [2.05, 4.69) is 5.16 Å². The Hall–Kier alpha value is -2.19. The van der Waals surface area contributed by atoms with E-state index in [1.807, 2.05) is 6.92 Å². The largest absolute Gasteiger partial charge is 0.361 e. The molecule has 1 aliphatic rings. The van der Waals surface area contributed by atoms with Gasteiger partial charge in [0.15, 0.2) is 5.69 Å². The van der Waals surface area contributed by atoms with Gasteiger partial charge in [-0.05, 0) is 26.0 Å². The summed E-state index contributed by atoms with van der Waals surface area (Å²) in [4.78, 5) is 14.2. The number of aromatic nitrogens is 1. The molecular formula is C16H19N3O4S. The number of benzene rings is 1. The van der Waals surface area contributed by atoms with Crippen LogP contribution in [0.2, 0.25) is 0 Å². The Bertz CT molecular complexity index is 834. The lowest BCUT2D eigenvalue weighted by atomic mass is 10.2. The van der Waals surface area contributed by atoms with Crippen LogP contribution in [-0.4, -0.2) is 54.9 Å². The van der Waals surface area contributed by atoms with Crippen LogP contribution in [0.3, 0.4) is 0 Å². The summed E-state index contributed by atoms with van der Waals surface area (Å²) in [6.45, 7) is 4.81. The van der Waals surface area contributed by atoms with Gasteiger partial charge in [-0.15, -0.1) is 0 Å². The van der Waals surface area contributed by atoms with Crippen LogP contribution in [-0.2, 0) is 10.0 Å². The van der Waals surface area contributed by atoms with Crippen molar-refractivity contribution in [2.24, 2.45) is 0 Å². The van der Waals surface area contributed by atoms with Crippen LogP contribution >= 0.6 is 0 Å². The number of piperazine rings is 1. The van der Waals surface area contributed by atoms with Crippen LogP contribution in [0.1, 0.15) is 21.8 Å². The lowest BCUT2D eigenvalue weighted by molar-refractivity contribution is 0.0687. The lowest BCUT2D eigenvalue weighted by Gasteiger charge is -2.33. The first-order chi connectivity index (χ1) is 11.4. The normalized spacial score (nSPS) is 16.3. The quantitative estimate of drug-likeness (QED) is 0.837. The number of amides is 1. The SMILES string of the molecule is Cc1ccc(S(=O)(=O)N2CCN(C(=O)c3cc(C)on3)CC2)cc1. The zero-order chi connectivity index (χ0) is 17.3. The van der Waals surface area contributed by atoms with E-state index in [4.69, 9.17) is 4.52 Å². The molecule has 24 heavy (non-hydrogen) atoms. The Labute approximate surface area is 140 Å². The zero-order valence-corrected chi connectivity index (χ0v) is 14.4. The molecule has 0 atom stereocenters. The summed E-state index contributed by atoms with van der Waals surface area (Å²) in [5.41, 5.74) is 1.26. The van der Waals surface area contributed by atoms with Crippen molar-refractivity contribution in [1.82, 2.24) is 14.4 Å². The number of hydrogen-bond donors (Lipinski definition) is 0. The number of carbonyl (C=O) groups excluding carboxylic acids is 1. The smallest absolute Gasteiger partial charge is 0.276 e. The minimum Gasteiger partial charge on any atom is -0.361 e. The topological polar surface area (TPSA) is 83.7 Å². The van der Waals surface area contributed by atoms with Gasteiger partial charge in [0.2, 0.25) is 10.0 Å². The van der Waals surface area contributed by atoms with Gasteiger partial charge in [-0.1, -0.05) is 22.9 Å². The van der Waals surface area contributed by atoms with Gasteiger partial charge in [-0.2, -0.15) is 4.31 Å². The summed E-state index contributed by atoms with van der Waals surface area (Å²) in [5.74, 6) is 0.332. The van der Waals surface area contributed by atoms with Gasteiger partial charge in [-0.25, -0.2) is 8.42 Å². The predicted molar refractivity (Wildman–Crippen MR) is 87.1 cm³/mol. The van der Waals surface area contributed by atoms with Crippen molar-refractivity contribution >= 4 is 15.9 Å². The monoisotopic (exact) mass is 349 g/mol. The fraction of sp³-hybridized carbons (Fsp3) is 0.375. The van der Waals surface area contributed by atoms with Gasteiger partial charge < -0.3 is 9.42 Å². The summed E-state index contributed by atoms with van der Waals surface area (Å²) < 4.78 is 31.6. The molecule has 1 aromatic heterocycles. The van der Waals surface area contributed by atoms with Crippen molar-refractivity contribution in [3.63, 3.8) is 0 Å². The molecule has 0 bridgehead atoms. The average Bonchev–Trinajstić information content (AvgIpc) is 3.01. The third-order valence-electron chi connectivity index (χ3n) is 4.03. The van der Waals surface area contributed by atoms with Crippen molar-refractivity contribution < 1.29 is 17.7 Å². The second-order valence-electron chi connectivity index (χ2n) is 5.83. The van der Waals surface area contributed by atoms with Gasteiger partial charge >= 0.3 is 0 Å². The fourth-order valence-corrected chi connectivity index (χ4v) is 4.04. The van der Waals surface area contributed by atoms with Gasteiger partial charge in [-0.3, -0.25) is 4.79 Å². The van der Waals surface area contributed by atoms with E-state index in [-0.39, 0.29) is 29.6 Å². The first kappa shape index (κ1) is 16.7. The standard InChI is InChI=1S/C16H19N3O4S/c1-12-3-5-14(6-4-12)24(21,22)19-9-7-18(8-10-19)16(20)15-11-13(2)23-17-15/h3-6,11H,7-10H2,1-2H3. The van der Waals surface area contributed by atoms with Crippen molar-refractivity contribution in [2.75, 3.05) is 26.2 Å². The van der Waals surface area contributed by atoms with Crippen LogP contribution in [0.15, 0.2) is 39.8 Å². The van der Waals surface area contributed by atoms with Crippen LogP contribution in [0.25, 0.3) is 0 Å². The maximum absolute atomic E-state index is 12.6. The highest BCUT2D eigenvalue weighted by atomic mass is 32.2. The molecule has 0 N–H and O–H groups in total. The summed E-state index contributed by atoms with van der Waals surface area (Å²) in [7, 11) is -3.53. The number of sulfonamides is 1. The Balaban J connectivity index is 1.68. The molecule has 2 heterocycles. The molecule has 8 heteroatoms. The second-order valence-corrected chi connectivity index (χ2v) is 7.77. The average molecular weight is 349 g/mol. The number of hydrogen-bond acceptors (Lipinski definition) is 5. The van der Waals surface area contributed by atoms with E-state index < -0.39 is 10.0 Å². The molecule has 0 aliphatic carbocycles. The number of rotatable bonds is 3. The molecule has 1 fully saturated rings. The molecule has 1 aromatic carbocycles. The van der Waals surface area contributed by atoms with Gasteiger partial charge in [0, 0.05) is 32.2 Å². The first-order valence-electron chi connectivity index (χ1n) is 7.67. The van der Waals surface area contributed by atoms with Crippen LogP contribution < -0.4 is 0 Å². The third-order valence-corrected chi connectivity index (χ3v) is 5.94. The maximum atomic E-state index is 12.6. The summed E-state index contributed by atoms with van der Waals surface area (Å²) in [6, 6.07) is 8.36. The first-order valence-corrected chi connectivity index (χ1v) is 9.11. The fourth-order valence-electron chi connectivity index (χ4n) is 2.62. The van der Waals surface area contributed by atoms with Gasteiger partial charge in [0.25, 0.3) is 5.91 Å². The molecule has 7 nitrogen and oxygen atoms in total. The van der Waals surface area contributed by atoms with Crippen LogP contribution in [0, 0.1) is 13.8 Å². The molecule has 3 rings (SSSR count). The number of aryl methyl sites for hydroxylation is 2. The minimum absolute atomic E-state index is 0.237. The summed E-state index contributed by atoms with van der Waals surface area (Å²) >= 11 is 0. The lowest BCUT2D eigenvalue weighted by Crippen LogP contribution is -2.50. The predicted octanol–water partition coefficient (Wildman–Crippen LogP) is 1.44. The molecule has 0 saturated carbocycles. The Morgan fingerprint density at radius 2 is 1.71 bits per heavy atom. The van der Waals surface area contributed by atoms with E-state index in [9.17, 15) is 13.2 Å². The van der Waals surface area contributed by atoms with Crippen molar-refractivity contribution in [2.45, 2.75) is 18.7 Å². The van der Waals surface area contributed by atoms with E-state index >= 15 is 0 Å².